The van der Waals surface area contributed by atoms with Crippen LogP contribution in [-0.2, 0) is 28.0 Å². The number of hydrogen-bond donors (Lipinski definition) is 2. The molecule has 1 aliphatic carbocycles. The molecule has 150 valence electrons. The van der Waals surface area contributed by atoms with Gasteiger partial charge in [-0.1, -0.05) is 18.2 Å². The van der Waals surface area contributed by atoms with Crippen molar-refractivity contribution < 1.29 is 23.2 Å². The van der Waals surface area contributed by atoms with E-state index in [9.17, 15) is 23.2 Å². The molecule has 1 aliphatic heterocycles. The highest BCUT2D eigenvalue weighted by atomic mass is 19.1. The first kappa shape index (κ1) is 19.0. The number of carbonyl (C=O) groups excluding carboxylic acids is 3. The largest absolute Gasteiger partial charge is 0.325 e. The van der Waals surface area contributed by atoms with Crippen LogP contribution in [0, 0.1) is 11.6 Å². The molecule has 2 N–H and O–H groups in total. The summed E-state index contributed by atoms with van der Waals surface area (Å²) in [6.07, 6.45) is 2.98. The van der Waals surface area contributed by atoms with Crippen LogP contribution in [0.2, 0.25) is 0 Å². The number of aryl methyl sites for hydroxylation is 2. The lowest BCUT2D eigenvalue weighted by Crippen LogP contribution is -2.42. The second-order valence-corrected chi connectivity index (χ2v) is 7.46. The molecule has 4 rings (SSSR count). The maximum Gasteiger partial charge on any atom is 0.325 e. The first-order valence-electron chi connectivity index (χ1n) is 9.29. The van der Waals surface area contributed by atoms with E-state index in [1.165, 1.54) is 5.56 Å². The van der Waals surface area contributed by atoms with Gasteiger partial charge in [0.15, 0.2) is 0 Å². The Kier molecular flexibility index (Phi) is 4.56. The fourth-order valence-corrected chi connectivity index (χ4v) is 3.84. The lowest BCUT2D eigenvalue weighted by molar-refractivity contribution is -0.133. The monoisotopic (exact) mass is 399 g/mol. The Morgan fingerprint density at radius 1 is 1.14 bits per heavy atom. The van der Waals surface area contributed by atoms with Gasteiger partial charge in [-0.3, -0.25) is 14.5 Å². The van der Waals surface area contributed by atoms with Crippen molar-refractivity contribution in [1.82, 2.24) is 10.2 Å². The summed E-state index contributed by atoms with van der Waals surface area (Å²) in [5.74, 6) is -3.05. The molecule has 1 saturated heterocycles. The summed E-state index contributed by atoms with van der Waals surface area (Å²) in [5, 5.41) is 4.91. The van der Waals surface area contributed by atoms with Crippen LogP contribution in [0.5, 0.6) is 0 Å². The Balaban J connectivity index is 1.51. The van der Waals surface area contributed by atoms with E-state index in [1.54, 1.807) is 6.92 Å². The van der Waals surface area contributed by atoms with E-state index >= 15 is 0 Å². The van der Waals surface area contributed by atoms with Gasteiger partial charge >= 0.3 is 6.03 Å². The first-order chi connectivity index (χ1) is 13.8. The average molecular weight is 399 g/mol. The number of urea groups is 1. The number of nitrogens with zero attached hydrogens (tertiary/aromatic N) is 1. The van der Waals surface area contributed by atoms with Crippen molar-refractivity contribution in [1.29, 1.82) is 0 Å². The van der Waals surface area contributed by atoms with Gasteiger partial charge in [0.05, 0.1) is 5.69 Å². The average Bonchev–Trinajstić information content (AvgIpc) is 3.22. The molecule has 0 bridgehead atoms. The molecule has 0 saturated carbocycles. The van der Waals surface area contributed by atoms with Crippen molar-refractivity contribution in [2.45, 2.75) is 31.7 Å². The minimum absolute atomic E-state index is 0.232. The highest BCUT2D eigenvalue weighted by molar-refractivity contribution is 6.10. The quantitative estimate of drug-likeness (QED) is 0.776. The molecule has 1 atom stereocenters. The van der Waals surface area contributed by atoms with Crippen molar-refractivity contribution >= 4 is 23.5 Å². The number of hydrogen-bond acceptors (Lipinski definition) is 3. The third-order valence-electron chi connectivity index (χ3n) is 5.46. The molecular formula is C21H19F2N3O3. The third-order valence-corrected chi connectivity index (χ3v) is 5.46. The zero-order valence-electron chi connectivity index (χ0n) is 15.7. The van der Waals surface area contributed by atoms with Gasteiger partial charge in [-0.25, -0.2) is 13.6 Å². The Hall–Kier alpha value is -3.29. The minimum atomic E-state index is -1.28. The standard InChI is InChI=1S/C21H19F2N3O3/c1-21(14-6-5-12-3-2-4-13(12)9-14)19(28)26(20(29)25-21)11-18(27)24-17-8-7-15(22)10-16(17)23/h5-10H,2-4,11H2,1H3,(H,24,27)(H,25,29)/t21-/m0/s1. The van der Waals surface area contributed by atoms with Crippen LogP contribution < -0.4 is 10.6 Å². The molecule has 0 aromatic heterocycles. The van der Waals surface area contributed by atoms with E-state index in [-0.39, 0.29) is 5.69 Å². The lowest BCUT2D eigenvalue weighted by atomic mass is 9.89. The Bertz CT molecular complexity index is 1040. The Morgan fingerprint density at radius 3 is 2.66 bits per heavy atom. The number of rotatable bonds is 4. The highest BCUT2D eigenvalue weighted by Crippen LogP contribution is 2.32. The van der Waals surface area contributed by atoms with Gasteiger partial charge in [0, 0.05) is 6.07 Å². The topological polar surface area (TPSA) is 78.5 Å². The normalized spacial score (nSPS) is 20.6. The molecule has 2 aliphatic rings. The van der Waals surface area contributed by atoms with Crippen molar-refractivity contribution in [3.8, 4) is 0 Å². The smallest absolute Gasteiger partial charge is 0.322 e. The number of imide groups is 1. The molecule has 29 heavy (non-hydrogen) atoms. The van der Waals surface area contributed by atoms with Gasteiger partial charge in [-0.15, -0.1) is 0 Å². The molecular weight excluding hydrogens is 380 g/mol. The summed E-state index contributed by atoms with van der Waals surface area (Å²) >= 11 is 0. The van der Waals surface area contributed by atoms with Crippen LogP contribution in [0.25, 0.3) is 0 Å². The fraction of sp³-hybridized carbons (Fsp3) is 0.286. The number of halogens is 2. The van der Waals surface area contributed by atoms with E-state index in [1.807, 2.05) is 18.2 Å². The van der Waals surface area contributed by atoms with E-state index < -0.39 is 41.6 Å². The zero-order chi connectivity index (χ0) is 20.8. The molecule has 0 spiro atoms. The molecule has 2 aromatic carbocycles. The van der Waals surface area contributed by atoms with E-state index in [2.05, 4.69) is 10.6 Å². The van der Waals surface area contributed by atoms with Crippen molar-refractivity contribution in [3.63, 3.8) is 0 Å². The molecule has 4 amide bonds. The Morgan fingerprint density at radius 2 is 1.90 bits per heavy atom. The number of nitrogens with one attached hydrogen (secondary N) is 2. The number of fused-ring (bicyclic) bond motifs is 1. The molecule has 0 radical (unpaired) electrons. The number of benzene rings is 2. The van der Waals surface area contributed by atoms with Crippen LogP contribution in [0.1, 0.15) is 30.0 Å². The lowest BCUT2D eigenvalue weighted by Gasteiger charge is -2.23. The number of amides is 4. The van der Waals surface area contributed by atoms with E-state index in [0.717, 1.165) is 41.9 Å². The van der Waals surface area contributed by atoms with Crippen molar-refractivity contribution in [3.05, 3.63) is 64.7 Å². The van der Waals surface area contributed by atoms with Crippen LogP contribution in [-0.4, -0.2) is 29.3 Å². The molecule has 1 heterocycles. The maximum atomic E-state index is 13.7. The van der Waals surface area contributed by atoms with Crippen LogP contribution in [0.3, 0.4) is 0 Å². The zero-order valence-corrected chi connectivity index (χ0v) is 15.7. The second kappa shape index (κ2) is 6.95. The van der Waals surface area contributed by atoms with Gasteiger partial charge in [-0.05, 0) is 55.0 Å². The summed E-state index contributed by atoms with van der Waals surface area (Å²) in [5.41, 5.74) is 1.55. The third kappa shape index (κ3) is 3.35. The number of anilines is 1. The van der Waals surface area contributed by atoms with Gasteiger partial charge in [0.1, 0.15) is 23.7 Å². The SMILES string of the molecule is C[C@@]1(c2ccc3c(c2)CCC3)NC(=O)N(CC(=O)Nc2ccc(F)cc2F)C1=O. The predicted molar refractivity (Wildman–Crippen MR) is 101 cm³/mol. The van der Waals surface area contributed by atoms with Gasteiger partial charge < -0.3 is 10.6 Å². The maximum absolute atomic E-state index is 13.7. The Labute approximate surface area is 165 Å². The van der Waals surface area contributed by atoms with Crippen molar-refractivity contribution in [2.24, 2.45) is 0 Å². The summed E-state index contributed by atoms with van der Waals surface area (Å²) in [6, 6.07) is 7.72. The molecule has 0 unspecified atom stereocenters. The predicted octanol–water partition coefficient (Wildman–Crippen LogP) is 2.86. The van der Waals surface area contributed by atoms with E-state index in [4.69, 9.17) is 0 Å². The van der Waals surface area contributed by atoms with Gasteiger partial charge in [-0.2, -0.15) is 0 Å². The van der Waals surface area contributed by atoms with Crippen LogP contribution >= 0.6 is 0 Å². The molecule has 8 heteroatoms. The van der Waals surface area contributed by atoms with Gasteiger partial charge in [0.2, 0.25) is 5.91 Å². The fourth-order valence-electron chi connectivity index (χ4n) is 3.84. The second-order valence-electron chi connectivity index (χ2n) is 7.46. The summed E-state index contributed by atoms with van der Waals surface area (Å²) in [4.78, 5) is 38.4. The summed E-state index contributed by atoms with van der Waals surface area (Å²) < 4.78 is 26.7. The van der Waals surface area contributed by atoms with Crippen LogP contribution in [0.15, 0.2) is 36.4 Å². The minimum Gasteiger partial charge on any atom is -0.322 e. The van der Waals surface area contributed by atoms with E-state index in [0.29, 0.717) is 11.6 Å². The number of carbonyl (C=O) groups is 3. The highest BCUT2D eigenvalue weighted by Gasteiger charge is 2.49. The first-order valence-corrected chi connectivity index (χ1v) is 9.29. The molecule has 6 nitrogen and oxygen atoms in total. The summed E-state index contributed by atoms with van der Waals surface area (Å²) in [6.45, 7) is 1.02. The summed E-state index contributed by atoms with van der Waals surface area (Å²) in [7, 11) is 0. The van der Waals surface area contributed by atoms with Gasteiger partial charge in [0.25, 0.3) is 5.91 Å². The van der Waals surface area contributed by atoms with Crippen molar-refractivity contribution in [2.75, 3.05) is 11.9 Å². The van der Waals surface area contributed by atoms with Crippen LogP contribution in [0.4, 0.5) is 19.3 Å². The molecule has 1 fully saturated rings. The molecule has 2 aromatic rings.